The van der Waals surface area contributed by atoms with Gasteiger partial charge in [0.15, 0.2) is 0 Å². The Bertz CT molecular complexity index is 192. The molecule has 16 heavy (non-hydrogen) atoms. The Morgan fingerprint density at radius 3 is 2.56 bits per heavy atom. The minimum absolute atomic E-state index is 0.0848. The molecule has 0 radical (unpaired) electrons. The second-order valence-corrected chi connectivity index (χ2v) is 4.22. The largest absolute Gasteiger partial charge is 0.396 e. The minimum atomic E-state index is 0.0848. The highest BCUT2D eigenvalue weighted by Gasteiger charge is 2.15. The number of nitrogens with zero attached hydrogens (tertiary/aromatic N) is 1. The quantitative estimate of drug-likeness (QED) is 0.610. The molecule has 2 unspecified atom stereocenters. The van der Waals surface area contributed by atoms with Crippen molar-refractivity contribution in [2.75, 3.05) is 34.4 Å². The van der Waals surface area contributed by atoms with Crippen molar-refractivity contribution in [2.24, 2.45) is 0 Å². The molecule has 0 aliphatic rings. The molecule has 96 valence electrons. The summed E-state index contributed by atoms with van der Waals surface area (Å²) in [4.78, 5) is 13.0. The Labute approximate surface area is 97.8 Å². The van der Waals surface area contributed by atoms with E-state index in [9.17, 15) is 4.79 Å². The summed E-state index contributed by atoms with van der Waals surface area (Å²) in [6.07, 6.45) is 1.09. The van der Waals surface area contributed by atoms with Gasteiger partial charge in [-0.3, -0.25) is 4.79 Å². The molecule has 0 rings (SSSR count). The minimum Gasteiger partial charge on any atom is -0.396 e. The summed E-state index contributed by atoms with van der Waals surface area (Å²) >= 11 is 0. The van der Waals surface area contributed by atoms with Crippen LogP contribution in [0.2, 0.25) is 0 Å². The molecule has 0 aromatic heterocycles. The number of amides is 1. The maximum Gasteiger partial charge on any atom is 0.223 e. The van der Waals surface area contributed by atoms with Crippen LogP contribution >= 0.6 is 0 Å². The molecule has 0 aromatic carbocycles. The van der Waals surface area contributed by atoms with Crippen molar-refractivity contribution in [1.82, 2.24) is 10.2 Å². The van der Waals surface area contributed by atoms with Crippen LogP contribution in [0.1, 0.15) is 19.8 Å². The molecule has 2 atom stereocenters. The summed E-state index contributed by atoms with van der Waals surface area (Å²) in [5.41, 5.74) is 0. The van der Waals surface area contributed by atoms with Crippen LogP contribution < -0.4 is 5.32 Å². The number of carbonyl (C=O) groups is 1. The Hall–Kier alpha value is -0.650. The molecule has 5 nitrogen and oxygen atoms in total. The van der Waals surface area contributed by atoms with Crippen LogP contribution in [0, 0.1) is 0 Å². The van der Waals surface area contributed by atoms with Crippen LogP contribution in [0.25, 0.3) is 0 Å². The summed E-state index contributed by atoms with van der Waals surface area (Å²) in [7, 11) is 5.12. The van der Waals surface area contributed by atoms with E-state index in [1.165, 1.54) is 0 Å². The van der Waals surface area contributed by atoms with Crippen LogP contribution in [-0.4, -0.2) is 62.4 Å². The lowest BCUT2D eigenvalue weighted by molar-refractivity contribution is -0.129. The first kappa shape index (κ1) is 15.3. The number of hydrogen-bond acceptors (Lipinski definition) is 4. The molecule has 0 saturated carbocycles. The van der Waals surface area contributed by atoms with Gasteiger partial charge in [-0.25, -0.2) is 0 Å². The number of aliphatic hydroxyl groups excluding tert-OH is 1. The van der Waals surface area contributed by atoms with Gasteiger partial charge in [0.1, 0.15) is 0 Å². The lowest BCUT2D eigenvalue weighted by atomic mass is 10.1. The fourth-order valence-corrected chi connectivity index (χ4v) is 1.48. The third-order valence-electron chi connectivity index (χ3n) is 2.35. The van der Waals surface area contributed by atoms with Crippen molar-refractivity contribution in [2.45, 2.75) is 31.8 Å². The summed E-state index contributed by atoms with van der Waals surface area (Å²) in [6, 6.07) is 0.182. The van der Waals surface area contributed by atoms with Crippen LogP contribution in [-0.2, 0) is 9.53 Å². The van der Waals surface area contributed by atoms with Crippen LogP contribution in [0.5, 0.6) is 0 Å². The van der Waals surface area contributed by atoms with Gasteiger partial charge in [0.05, 0.1) is 6.61 Å². The monoisotopic (exact) mass is 232 g/mol. The molecule has 2 N–H and O–H groups in total. The number of hydrogen-bond donors (Lipinski definition) is 2. The SMILES string of the molecule is COCC(CCO)NC(C)CC(=O)N(C)C. The Balaban J connectivity index is 3.98. The van der Waals surface area contributed by atoms with Gasteiger partial charge < -0.3 is 20.1 Å². The summed E-state index contributed by atoms with van der Waals surface area (Å²) in [5, 5.41) is 12.1. The zero-order valence-electron chi connectivity index (χ0n) is 10.7. The van der Waals surface area contributed by atoms with Gasteiger partial charge in [0.2, 0.25) is 5.91 Å². The van der Waals surface area contributed by atoms with E-state index in [4.69, 9.17) is 9.84 Å². The van der Waals surface area contributed by atoms with E-state index < -0.39 is 0 Å². The highest BCUT2D eigenvalue weighted by molar-refractivity contribution is 5.76. The van der Waals surface area contributed by atoms with Crippen LogP contribution in [0.3, 0.4) is 0 Å². The molecule has 0 fully saturated rings. The molecule has 1 amide bonds. The number of aliphatic hydroxyl groups is 1. The van der Waals surface area contributed by atoms with Crippen molar-refractivity contribution in [3.05, 3.63) is 0 Å². The van der Waals surface area contributed by atoms with E-state index in [1.54, 1.807) is 26.1 Å². The molecule has 0 aliphatic heterocycles. The fourth-order valence-electron chi connectivity index (χ4n) is 1.48. The second kappa shape index (κ2) is 8.50. The topological polar surface area (TPSA) is 61.8 Å². The zero-order valence-corrected chi connectivity index (χ0v) is 10.7. The average molecular weight is 232 g/mol. The van der Waals surface area contributed by atoms with Gasteiger partial charge in [-0.15, -0.1) is 0 Å². The van der Waals surface area contributed by atoms with E-state index in [-0.39, 0.29) is 24.6 Å². The Kier molecular flexibility index (Phi) is 8.15. The predicted molar refractivity (Wildman–Crippen MR) is 63.3 cm³/mol. The van der Waals surface area contributed by atoms with E-state index in [2.05, 4.69) is 5.32 Å². The van der Waals surface area contributed by atoms with Crippen LogP contribution in [0.4, 0.5) is 0 Å². The number of carbonyl (C=O) groups excluding carboxylic acids is 1. The van der Waals surface area contributed by atoms with Crippen molar-refractivity contribution in [3.63, 3.8) is 0 Å². The highest BCUT2D eigenvalue weighted by atomic mass is 16.5. The maximum atomic E-state index is 11.5. The third kappa shape index (κ3) is 6.76. The lowest BCUT2D eigenvalue weighted by Gasteiger charge is -2.23. The number of ether oxygens (including phenoxy) is 1. The first-order chi connectivity index (χ1) is 7.51. The van der Waals surface area contributed by atoms with Gasteiger partial charge in [0, 0.05) is 46.3 Å². The van der Waals surface area contributed by atoms with Crippen LogP contribution in [0.15, 0.2) is 0 Å². The van der Waals surface area contributed by atoms with Crippen molar-refractivity contribution < 1.29 is 14.6 Å². The first-order valence-corrected chi connectivity index (χ1v) is 5.57. The fraction of sp³-hybridized carbons (Fsp3) is 0.909. The molecule has 0 spiro atoms. The van der Waals surface area contributed by atoms with Gasteiger partial charge in [-0.05, 0) is 13.3 Å². The summed E-state index contributed by atoms with van der Waals surface area (Å²) in [6.45, 7) is 2.62. The Morgan fingerprint density at radius 1 is 1.50 bits per heavy atom. The maximum absolute atomic E-state index is 11.5. The molecule has 5 heteroatoms. The van der Waals surface area contributed by atoms with Crippen molar-refractivity contribution in [3.8, 4) is 0 Å². The van der Waals surface area contributed by atoms with Crippen molar-refractivity contribution >= 4 is 5.91 Å². The Morgan fingerprint density at radius 2 is 2.12 bits per heavy atom. The zero-order chi connectivity index (χ0) is 12.6. The first-order valence-electron chi connectivity index (χ1n) is 5.57. The lowest BCUT2D eigenvalue weighted by Crippen LogP contribution is -2.42. The second-order valence-electron chi connectivity index (χ2n) is 4.22. The van der Waals surface area contributed by atoms with E-state index in [0.717, 1.165) is 0 Å². The van der Waals surface area contributed by atoms with Gasteiger partial charge >= 0.3 is 0 Å². The van der Waals surface area contributed by atoms with Gasteiger partial charge in [-0.1, -0.05) is 0 Å². The summed E-state index contributed by atoms with van der Waals surface area (Å²) in [5.74, 6) is 0.0974. The third-order valence-corrected chi connectivity index (χ3v) is 2.35. The average Bonchev–Trinajstić information content (AvgIpc) is 2.17. The predicted octanol–water partition coefficient (Wildman–Crippen LogP) is -0.160. The number of nitrogens with one attached hydrogen (secondary N) is 1. The van der Waals surface area contributed by atoms with E-state index in [0.29, 0.717) is 19.4 Å². The standard InChI is InChI=1S/C11H24N2O3/c1-9(7-11(15)13(2)3)12-10(5-6-14)8-16-4/h9-10,12,14H,5-8H2,1-4H3. The summed E-state index contributed by atoms with van der Waals surface area (Å²) < 4.78 is 5.04. The smallest absolute Gasteiger partial charge is 0.223 e. The number of rotatable bonds is 8. The molecule has 0 aliphatic carbocycles. The van der Waals surface area contributed by atoms with Gasteiger partial charge in [0.25, 0.3) is 0 Å². The molecule has 0 aromatic rings. The normalized spacial score (nSPS) is 14.6. The highest BCUT2D eigenvalue weighted by Crippen LogP contribution is 2.00. The number of methoxy groups -OCH3 is 1. The molecular formula is C11H24N2O3. The van der Waals surface area contributed by atoms with E-state index in [1.807, 2.05) is 6.92 Å². The van der Waals surface area contributed by atoms with Gasteiger partial charge in [-0.2, -0.15) is 0 Å². The van der Waals surface area contributed by atoms with Crippen molar-refractivity contribution in [1.29, 1.82) is 0 Å². The molecule has 0 heterocycles. The molecular weight excluding hydrogens is 208 g/mol. The molecule has 0 bridgehead atoms. The van der Waals surface area contributed by atoms with E-state index >= 15 is 0 Å². The molecule has 0 saturated heterocycles.